The number of amides is 1. The fraction of sp³-hybridized carbons (Fsp3) is 0.292. The molecule has 1 fully saturated rings. The lowest BCUT2D eigenvalue weighted by Gasteiger charge is -2.35. The Kier molecular flexibility index (Phi) is 5.65. The highest BCUT2D eigenvalue weighted by Crippen LogP contribution is 2.24. The van der Waals surface area contributed by atoms with Crippen LogP contribution in [0.5, 0.6) is 11.6 Å². The minimum atomic E-state index is 0.0805. The van der Waals surface area contributed by atoms with Gasteiger partial charge in [0.15, 0.2) is 0 Å². The molecule has 0 spiro atoms. The molecule has 0 aliphatic carbocycles. The van der Waals surface area contributed by atoms with E-state index in [0.29, 0.717) is 24.8 Å². The fourth-order valence-corrected chi connectivity index (χ4v) is 3.48. The van der Waals surface area contributed by atoms with E-state index in [1.807, 2.05) is 80.3 Å². The number of carbonyl (C=O) groups excluding carboxylic acids is 1. The van der Waals surface area contributed by atoms with E-state index in [4.69, 9.17) is 4.74 Å². The number of benzene rings is 2. The van der Waals surface area contributed by atoms with Gasteiger partial charge in [0.1, 0.15) is 17.4 Å². The van der Waals surface area contributed by atoms with Gasteiger partial charge in [-0.25, -0.2) is 4.98 Å². The predicted octanol–water partition coefficient (Wildman–Crippen LogP) is 4.16. The Morgan fingerprint density at radius 2 is 1.43 bits per heavy atom. The second-order valence-corrected chi connectivity index (χ2v) is 7.67. The van der Waals surface area contributed by atoms with Crippen molar-refractivity contribution in [2.24, 2.45) is 0 Å². The summed E-state index contributed by atoms with van der Waals surface area (Å²) in [5.41, 5.74) is 3.07. The maximum atomic E-state index is 12.8. The van der Waals surface area contributed by atoms with Crippen molar-refractivity contribution in [3.8, 4) is 11.6 Å². The van der Waals surface area contributed by atoms with Gasteiger partial charge in [-0.05, 0) is 45.0 Å². The van der Waals surface area contributed by atoms with Crippen molar-refractivity contribution in [2.45, 2.75) is 20.8 Å². The minimum absolute atomic E-state index is 0.0805. The number of piperazine rings is 1. The number of hydrogen-bond donors (Lipinski definition) is 0. The summed E-state index contributed by atoms with van der Waals surface area (Å²) >= 11 is 0. The van der Waals surface area contributed by atoms with Crippen LogP contribution < -0.4 is 9.64 Å². The zero-order valence-corrected chi connectivity index (χ0v) is 17.6. The normalized spacial score (nSPS) is 14.0. The van der Waals surface area contributed by atoms with E-state index >= 15 is 0 Å². The summed E-state index contributed by atoms with van der Waals surface area (Å²) in [4.78, 5) is 25.8. The molecule has 6 nitrogen and oxygen atoms in total. The SMILES string of the molecule is Cc1ccc(Oc2cc(N3CCN(C(=O)c4ccc(C)cc4)CC3)nc(C)n2)cc1. The first kappa shape index (κ1) is 19.9. The van der Waals surface area contributed by atoms with Gasteiger partial charge < -0.3 is 14.5 Å². The predicted molar refractivity (Wildman–Crippen MR) is 117 cm³/mol. The topological polar surface area (TPSA) is 58.6 Å². The van der Waals surface area contributed by atoms with E-state index in [2.05, 4.69) is 14.9 Å². The molecule has 0 radical (unpaired) electrons. The van der Waals surface area contributed by atoms with Crippen molar-refractivity contribution in [2.75, 3.05) is 31.1 Å². The van der Waals surface area contributed by atoms with Gasteiger partial charge >= 0.3 is 0 Å². The number of nitrogens with zero attached hydrogens (tertiary/aromatic N) is 4. The molecule has 4 rings (SSSR count). The van der Waals surface area contributed by atoms with Gasteiger partial charge in [-0.1, -0.05) is 35.4 Å². The lowest BCUT2D eigenvalue weighted by molar-refractivity contribution is 0.0746. The lowest BCUT2D eigenvalue weighted by atomic mass is 10.1. The number of hydrogen-bond acceptors (Lipinski definition) is 5. The second-order valence-electron chi connectivity index (χ2n) is 7.67. The summed E-state index contributed by atoms with van der Waals surface area (Å²) in [6, 6.07) is 17.5. The monoisotopic (exact) mass is 402 g/mol. The molecular weight excluding hydrogens is 376 g/mol. The summed E-state index contributed by atoms with van der Waals surface area (Å²) in [5.74, 6) is 2.84. The molecule has 154 valence electrons. The van der Waals surface area contributed by atoms with Crippen molar-refractivity contribution < 1.29 is 9.53 Å². The van der Waals surface area contributed by atoms with Crippen molar-refractivity contribution in [3.05, 3.63) is 77.1 Å². The van der Waals surface area contributed by atoms with Crippen LogP contribution in [0.15, 0.2) is 54.6 Å². The summed E-state index contributed by atoms with van der Waals surface area (Å²) in [7, 11) is 0. The Balaban J connectivity index is 1.42. The third kappa shape index (κ3) is 4.59. The van der Waals surface area contributed by atoms with Crippen LogP contribution in [0.2, 0.25) is 0 Å². The number of rotatable bonds is 4. The molecule has 30 heavy (non-hydrogen) atoms. The van der Waals surface area contributed by atoms with Gasteiger partial charge in [0.2, 0.25) is 5.88 Å². The molecule has 1 aromatic heterocycles. The average Bonchev–Trinajstić information content (AvgIpc) is 2.75. The van der Waals surface area contributed by atoms with Gasteiger partial charge in [-0.2, -0.15) is 4.98 Å². The molecule has 0 saturated carbocycles. The van der Waals surface area contributed by atoms with Crippen molar-refractivity contribution in [3.63, 3.8) is 0 Å². The molecule has 0 bridgehead atoms. The first-order valence-electron chi connectivity index (χ1n) is 10.2. The molecular formula is C24H26N4O2. The highest BCUT2D eigenvalue weighted by Gasteiger charge is 2.23. The number of aromatic nitrogens is 2. The number of ether oxygens (including phenoxy) is 1. The number of carbonyl (C=O) groups is 1. The molecule has 0 N–H and O–H groups in total. The Hall–Kier alpha value is -3.41. The van der Waals surface area contributed by atoms with Crippen LogP contribution in [0.1, 0.15) is 27.3 Å². The Morgan fingerprint density at radius 1 is 0.833 bits per heavy atom. The highest BCUT2D eigenvalue weighted by molar-refractivity contribution is 5.94. The lowest BCUT2D eigenvalue weighted by Crippen LogP contribution is -2.49. The summed E-state index contributed by atoms with van der Waals surface area (Å²) in [6.07, 6.45) is 0. The largest absolute Gasteiger partial charge is 0.439 e. The van der Waals surface area contributed by atoms with E-state index in [0.717, 1.165) is 35.8 Å². The Labute approximate surface area is 177 Å². The van der Waals surface area contributed by atoms with Crippen molar-refractivity contribution >= 4 is 11.7 Å². The van der Waals surface area contributed by atoms with Gasteiger partial charge in [-0.3, -0.25) is 4.79 Å². The third-order valence-electron chi connectivity index (χ3n) is 5.23. The molecule has 6 heteroatoms. The first-order chi connectivity index (χ1) is 14.5. The number of anilines is 1. The summed E-state index contributed by atoms with van der Waals surface area (Å²) < 4.78 is 5.93. The van der Waals surface area contributed by atoms with Crippen LogP contribution in [-0.4, -0.2) is 47.0 Å². The third-order valence-corrected chi connectivity index (χ3v) is 5.23. The molecule has 2 aromatic carbocycles. The molecule has 0 atom stereocenters. The van der Waals surface area contributed by atoms with Gasteiger partial charge in [0, 0.05) is 37.8 Å². The zero-order chi connectivity index (χ0) is 21.1. The molecule has 2 heterocycles. The maximum Gasteiger partial charge on any atom is 0.253 e. The number of aryl methyl sites for hydroxylation is 3. The Morgan fingerprint density at radius 3 is 2.07 bits per heavy atom. The summed E-state index contributed by atoms with van der Waals surface area (Å²) in [5, 5.41) is 0. The molecule has 1 aliphatic heterocycles. The van der Waals surface area contributed by atoms with Crippen molar-refractivity contribution in [1.82, 2.24) is 14.9 Å². The van der Waals surface area contributed by atoms with Crippen LogP contribution in [0.3, 0.4) is 0 Å². The van der Waals surface area contributed by atoms with Crippen LogP contribution in [-0.2, 0) is 0 Å². The minimum Gasteiger partial charge on any atom is -0.439 e. The van der Waals surface area contributed by atoms with Gasteiger partial charge in [0.25, 0.3) is 5.91 Å². The van der Waals surface area contributed by atoms with E-state index in [1.54, 1.807) is 0 Å². The molecule has 1 saturated heterocycles. The average molecular weight is 402 g/mol. The molecule has 1 aliphatic rings. The van der Waals surface area contributed by atoms with Crippen LogP contribution in [0.25, 0.3) is 0 Å². The fourth-order valence-electron chi connectivity index (χ4n) is 3.48. The van der Waals surface area contributed by atoms with Crippen molar-refractivity contribution in [1.29, 1.82) is 0 Å². The molecule has 1 amide bonds. The van der Waals surface area contributed by atoms with Crippen LogP contribution >= 0.6 is 0 Å². The van der Waals surface area contributed by atoms with Gasteiger partial charge in [0.05, 0.1) is 0 Å². The van der Waals surface area contributed by atoms with Gasteiger partial charge in [-0.15, -0.1) is 0 Å². The molecule has 0 unspecified atom stereocenters. The molecule has 3 aromatic rings. The van der Waals surface area contributed by atoms with E-state index in [-0.39, 0.29) is 5.91 Å². The van der Waals surface area contributed by atoms with E-state index in [9.17, 15) is 4.79 Å². The second kappa shape index (κ2) is 8.53. The maximum absolute atomic E-state index is 12.8. The Bertz CT molecular complexity index is 1020. The van der Waals surface area contributed by atoms with E-state index in [1.165, 1.54) is 5.56 Å². The first-order valence-corrected chi connectivity index (χ1v) is 10.2. The van der Waals surface area contributed by atoms with Crippen LogP contribution in [0.4, 0.5) is 5.82 Å². The quantitative estimate of drug-likeness (QED) is 0.656. The standard InChI is InChI=1S/C24H26N4O2/c1-17-4-8-20(9-5-17)24(29)28-14-12-27(13-15-28)22-16-23(26-19(3)25-22)30-21-10-6-18(2)7-11-21/h4-11,16H,12-15H2,1-3H3. The smallest absolute Gasteiger partial charge is 0.253 e. The van der Waals surface area contributed by atoms with E-state index < -0.39 is 0 Å². The highest BCUT2D eigenvalue weighted by atomic mass is 16.5. The zero-order valence-electron chi connectivity index (χ0n) is 17.6. The van der Waals surface area contributed by atoms with Crippen LogP contribution in [0, 0.1) is 20.8 Å². The summed E-state index contributed by atoms with van der Waals surface area (Å²) in [6.45, 7) is 8.68.